The minimum absolute atomic E-state index is 0.0698. The van der Waals surface area contributed by atoms with Crippen LogP contribution < -0.4 is 0 Å². The molecule has 1 heterocycles. The zero-order chi connectivity index (χ0) is 11.7. The summed E-state index contributed by atoms with van der Waals surface area (Å²) >= 11 is 5.77. The lowest BCUT2D eigenvalue weighted by atomic mass is 10.1. The Labute approximate surface area is 96.3 Å². The van der Waals surface area contributed by atoms with E-state index < -0.39 is 5.97 Å². The predicted molar refractivity (Wildman–Crippen MR) is 58.4 cm³/mol. The fourth-order valence-electron chi connectivity index (χ4n) is 1.40. The number of aryl methyl sites for hydroxylation is 1. The lowest BCUT2D eigenvalue weighted by molar-refractivity contribution is 0.0697. The van der Waals surface area contributed by atoms with Gasteiger partial charge < -0.3 is 5.11 Å². The molecule has 1 N–H and O–H groups in total. The lowest BCUT2D eigenvalue weighted by Gasteiger charge is -2.03. The van der Waals surface area contributed by atoms with Crippen LogP contribution in [0.4, 0.5) is 0 Å². The van der Waals surface area contributed by atoms with Crippen LogP contribution in [0.2, 0.25) is 5.02 Å². The van der Waals surface area contributed by atoms with Gasteiger partial charge in [0.05, 0.1) is 22.5 Å². The summed E-state index contributed by atoms with van der Waals surface area (Å²) in [6.45, 7) is 0. The number of halogens is 1. The van der Waals surface area contributed by atoms with Crippen molar-refractivity contribution >= 4 is 17.6 Å². The van der Waals surface area contributed by atoms with Crippen molar-refractivity contribution in [3.63, 3.8) is 0 Å². The predicted octanol–water partition coefficient (Wildman–Crippen LogP) is 1.83. The Bertz CT molecular complexity index is 551. The molecule has 82 valence electrons. The summed E-state index contributed by atoms with van der Waals surface area (Å²) in [5.74, 6) is -1.05. The molecule has 0 aliphatic heterocycles. The first kappa shape index (κ1) is 10.6. The van der Waals surface area contributed by atoms with Crippen LogP contribution in [0.5, 0.6) is 0 Å². The minimum Gasteiger partial charge on any atom is -0.478 e. The fraction of sp³-hybridized carbons (Fsp3) is 0.100. The van der Waals surface area contributed by atoms with E-state index in [0.717, 1.165) is 5.69 Å². The Morgan fingerprint density at radius 2 is 2.25 bits per heavy atom. The van der Waals surface area contributed by atoms with Crippen molar-refractivity contribution in [1.29, 1.82) is 0 Å². The molecule has 0 saturated heterocycles. The van der Waals surface area contributed by atoms with Crippen LogP contribution in [0.1, 0.15) is 10.4 Å². The van der Waals surface area contributed by atoms with E-state index in [9.17, 15) is 4.79 Å². The van der Waals surface area contributed by atoms with Gasteiger partial charge in [0.25, 0.3) is 0 Å². The van der Waals surface area contributed by atoms with Crippen molar-refractivity contribution in [2.75, 3.05) is 0 Å². The van der Waals surface area contributed by atoms with Crippen LogP contribution in [0.25, 0.3) is 11.3 Å². The van der Waals surface area contributed by atoms with Crippen molar-refractivity contribution in [1.82, 2.24) is 15.0 Å². The number of nitrogens with zero attached hydrogens (tertiary/aromatic N) is 3. The van der Waals surface area contributed by atoms with Crippen LogP contribution in [-0.2, 0) is 7.05 Å². The van der Waals surface area contributed by atoms with Gasteiger partial charge in [0, 0.05) is 12.6 Å². The van der Waals surface area contributed by atoms with Crippen molar-refractivity contribution < 1.29 is 9.90 Å². The normalized spacial score (nSPS) is 10.4. The summed E-state index contributed by atoms with van der Waals surface area (Å²) in [7, 11) is 1.73. The van der Waals surface area contributed by atoms with Crippen LogP contribution in [0.3, 0.4) is 0 Å². The SMILES string of the molecule is Cn1nncc1-c1ccc(Cl)c(C(=O)O)c1. The second-order valence-corrected chi connectivity index (χ2v) is 3.65. The third kappa shape index (κ3) is 1.77. The molecule has 0 aliphatic carbocycles. The van der Waals surface area contributed by atoms with E-state index >= 15 is 0 Å². The summed E-state index contributed by atoms with van der Waals surface area (Å²) in [5.41, 5.74) is 1.52. The summed E-state index contributed by atoms with van der Waals surface area (Å²) in [6, 6.07) is 4.78. The van der Waals surface area contributed by atoms with Gasteiger partial charge in [-0.2, -0.15) is 0 Å². The first-order valence-corrected chi connectivity index (χ1v) is 4.85. The highest BCUT2D eigenvalue weighted by Crippen LogP contribution is 2.24. The first-order chi connectivity index (χ1) is 7.59. The molecular formula is C10H8ClN3O2. The molecule has 2 aromatic rings. The van der Waals surface area contributed by atoms with Crippen molar-refractivity contribution in [2.45, 2.75) is 0 Å². The van der Waals surface area contributed by atoms with E-state index in [1.54, 1.807) is 30.1 Å². The van der Waals surface area contributed by atoms with Gasteiger partial charge in [-0.05, 0) is 12.1 Å². The van der Waals surface area contributed by atoms with Crippen molar-refractivity contribution in [3.8, 4) is 11.3 Å². The average molecular weight is 238 g/mol. The second kappa shape index (κ2) is 3.94. The third-order valence-corrected chi connectivity index (χ3v) is 2.54. The molecule has 0 bridgehead atoms. The van der Waals surface area contributed by atoms with E-state index in [0.29, 0.717) is 5.56 Å². The highest BCUT2D eigenvalue weighted by atomic mass is 35.5. The highest BCUT2D eigenvalue weighted by Gasteiger charge is 2.11. The monoisotopic (exact) mass is 237 g/mol. The van der Waals surface area contributed by atoms with Gasteiger partial charge in [-0.1, -0.05) is 22.9 Å². The van der Waals surface area contributed by atoms with E-state index in [-0.39, 0.29) is 10.6 Å². The van der Waals surface area contributed by atoms with E-state index in [1.165, 1.54) is 6.07 Å². The number of aromatic nitrogens is 3. The number of rotatable bonds is 2. The summed E-state index contributed by atoms with van der Waals surface area (Å²) < 4.78 is 1.56. The minimum atomic E-state index is -1.05. The van der Waals surface area contributed by atoms with Gasteiger partial charge in [-0.3, -0.25) is 0 Å². The Hall–Kier alpha value is -1.88. The molecule has 0 spiro atoms. The van der Waals surface area contributed by atoms with Gasteiger partial charge >= 0.3 is 5.97 Å². The Morgan fingerprint density at radius 1 is 1.50 bits per heavy atom. The Kier molecular flexibility index (Phi) is 2.62. The number of aromatic carboxylic acids is 1. The second-order valence-electron chi connectivity index (χ2n) is 3.24. The molecule has 1 aromatic heterocycles. The quantitative estimate of drug-likeness (QED) is 0.865. The molecule has 0 radical (unpaired) electrons. The smallest absolute Gasteiger partial charge is 0.337 e. The highest BCUT2D eigenvalue weighted by molar-refractivity contribution is 6.33. The van der Waals surface area contributed by atoms with Gasteiger partial charge in [0.15, 0.2) is 0 Å². The third-order valence-electron chi connectivity index (χ3n) is 2.21. The van der Waals surface area contributed by atoms with Crippen LogP contribution >= 0.6 is 11.6 Å². The molecule has 2 rings (SSSR count). The molecule has 0 atom stereocenters. The molecule has 0 amide bonds. The molecule has 6 heteroatoms. The Morgan fingerprint density at radius 3 is 2.81 bits per heavy atom. The molecule has 1 aromatic carbocycles. The molecule has 0 unspecified atom stereocenters. The van der Waals surface area contributed by atoms with Crippen molar-refractivity contribution in [3.05, 3.63) is 35.0 Å². The standard InChI is InChI=1S/C10H8ClN3O2/c1-14-9(5-12-13-14)6-2-3-8(11)7(4-6)10(15)16/h2-5H,1H3,(H,15,16). The maximum absolute atomic E-state index is 10.9. The van der Waals surface area contributed by atoms with E-state index in [4.69, 9.17) is 16.7 Å². The number of benzene rings is 1. The largest absolute Gasteiger partial charge is 0.478 e. The number of carbonyl (C=O) groups is 1. The molecule has 0 saturated carbocycles. The van der Waals surface area contributed by atoms with E-state index in [2.05, 4.69) is 10.3 Å². The number of carboxylic acids is 1. The van der Waals surface area contributed by atoms with Crippen LogP contribution in [0.15, 0.2) is 24.4 Å². The zero-order valence-corrected chi connectivity index (χ0v) is 9.14. The summed E-state index contributed by atoms with van der Waals surface area (Å²) in [4.78, 5) is 10.9. The van der Waals surface area contributed by atoms with Gasteiger partial charge in [0.2, 0.25) is 0 Å². The van der Waals surface area contributed by atoms with Crippen LogP contribution in [0, 0.1) is 0 Å². The Balaban J connectivity index is 2.56. The number of hydrogen-bond acceptors (Lipinski definition) is 3. The molecule has 0 fully saturated rings. The molecular weight excluding hydrogens is 230 g/mol. The number of hydrogen-bond donors (Lipinski definition) is 1. The number of carboxylic acid groups (broad SMARTS) is 1. The van der Waals surface area contributed by atoms with Crippen molar-refractivity contribution in [2.24, 2.45) is 7.05 Å². The molecule has 5 nitrogen and oxygen atoms in total. The molecule has 16 heavy (non-hydrogen) atoms. The maximum atomic E-state index is 10.9. The maximum Gasteiger partial charge on any atom is 0.337 e. The summed E-state index contributed by atoms with van der Waals surface area (Å²) in [5, 5.41) is 16.7. The summed E-state index contributed by atoms with van der Waals surface area (Å²) in [6.07, 6.45) is 1.56. The first-order valence-electron chi connectivity index (χ1n) is 4.47. The molecule has 0 aliphatic rings. The van der Waals surface area contributed by atoms with Crippen LogP contribution in [-0.4, -0.2) is 26.1 Å². The fourth-order valence-corrected chi connectivity index (χ4v) is 1.60. The van der Waals surface area contributed by atoms with Gasteiger partial charge in [-0.25, -0.2) is 9.48 Å². The lowest BCUT2D eigenvalue weighted by Crippen LogP contribution is -1.99. The average Bonchev–Trinajstić information content (AvgIpc) is 2.65. The van der Waals surface area contributed by atoms with Gasteiger partial charge in [0.1, 0.15) is 0 Å². The zero-order valence-electron chi connectivity index (χ0n) is 8.38. The van der Waals surface area contributed by atoms with E-state index in [1.807, 2.05) is 0 Å². The van der Waals surface area contributed by atoms with Gasteiger partial charge in [-0.15, -0.1) is 5.10 Å². The topological polar surface area (TPSA) is 68.0 Å².